The van der Waals surface area contributed by atoms with E-state index in [0.717, 1.165) is 11.3 Å². The van der Waals surface area contributed by atoms with E-state index < -0.39 is 35.4 Å². The lowest BCUT2D eigenvalue weighted by Gasteiger charge is -2.49. The second-order valence-electron chi connectivity index (χ2n) is 8.58. The van der Waals surface area contributed by atoms with Crippen molar-refractivity contribution in [1.82, 2.24) is 4.90 Å². The lowest BCUT2D eigenvalue weighted by atomic mass is 9.65. The largest absolute Gasteiger partial charge is 0.468 e. The van der Waals surface area contributed by atoms with Gasteiger partial charge in [0.15, 0.2) is 0 Å². The van der Waals surface area contributed by atoms with Gasteiger partial charge in [-0.3, -0.25) is 4.90 Å². The van der Waals surface area contributed by atoms with Crippen LogP contribution in [0.15, 0.2) is 34.5 Å². The van der Waals surface area contributed by atoms with Crippen molar-refractivity contribution in [1.29, 1.82) is 0 Å². The van der Waals surface area contributed by atoms with Crippen LogP contribution in [0.2, 0.25) is 0 Å². The quantitative estimate of drug-likeness (QED) is 0.656. The fourth-order valence-corrected chi connectivity index (χ4v) is 5.11. The number of methoxy groups -OCH3 is 1. The number of fused-ring (bicyclic) bond motifs is 1. The number of hydrogen-bond donors (Lipinski definition) is 3. The first-order chi connectivity index (χ1) is 12.7. The number of aliphatic hydroxyl groups is 3. The molecule has 27 heavy (non-hydrogen) atoms. The Morgan fingerprint density at radius 1 is 1.48 bits per heavy atom. The monoisotopic (exact) mass is 379 g/mol. The Bertz CT molecular complexity index is 656. The Labute approximate surface area is 161 Å². The number of ether oxygens (including phenoxy) is 1. The Hall–Kier alpha value is -1.18. The fourth-order valence-electron chi connectivity index (χ4n) is 5.11. The van der Waals surface area contributed by atoms with Crippen LogP contribution >= 0.6 is 0 Å². The van der Waals surface area contributed by atoms with Crippen molar-refractivity contribution in [3.8, 4) is 0 Å². The van der Waals surface area contributed by atoms with Crippen molar-refractivity contribution >= 4 is 0 Å². The molecule has 0 unspecified atom stereocenters. The molecule has 1 saturated heterocycles. The third-order valence-electron chi connectivity index (χ3n) is 6.56. The van der Waals surface area contributed by atoms with Crippen molar-refractivity contribution in [2.45, 2.75) is 76.0 Å². The molecule has 0 bridgehead atoms. The number of nitrogens with zero attached hydrogens (tertiary/aromatic N) is 1. The third kappa shape index (κ3) is 3.61. The van der Waals surface area contributed by atoms with E-state index in [-0.39, 0.29) is 0 Å². The summed E-state index contributed by atoms with van der Waals surface area (Å²) in [6.07, 6.45) is 3.19. The number of allylic oxidation sites excluding steroid dienone is 1. The van der Waals surface area contributed by atoms with E-state index in [1.807, 2.05) is 39.0 Å². The summed E-state index contributed by atoms with van der Waals surface area (Å²) in [7, 11) is 1.57. The van der Waals surface area contributed by atoms with Crippen LogP contribution in [0.3, 0.4) is 0 Å². The number of likely N-dealkylation sites (tertiary alicyclic amines) is 1. The molecule has 1 aliphatic carbocycles. The molecule has 3 N–H and O–H groups in total. The van der Waals surface area contributed by atoms with Crippen LogP contribution in [0.4, 0.5) is 0 Å². The number of rotatable bonds is 6. The van der Waals surface area contributed by atoms with Crippen LogP contribution < -0.4 is 0 Å². The van der Waals surface area contributed by atoms with Gasteiger partial charge in [0.25, 0.3) is 0 Å². The summed E-state index contributed by atoms with van der Waals surface area (Å²) < 4.78 is 11.2. The highest BCUT2D eigenvalue weighted by molar-refractivity contribution is 5.20. The molecule has 6 heteroatoms. The first-order valence-corrected chi connectivity index (χ1v) is 9.74. The maximum absolute atomic E-state index is 11.5. The zero-order chi connectivity index (χ0) is 19.8. The highest BCUT2D eigenvalue weighted by Crippen LogP contribution is 2.52. The molecule has 2 fully saturated rings. The van der Waals surface area contributed by atoms with Crippen LogP contribution in [0.5, 0.6) is 0 Å². The fraction of sp³-hybridized carbons (Fsp3) is 0.714. The van der Waals surface area contributed by atoms with E-state index in [2.05, 4.69) is 4.90 Å². The van der Waals surface area contributed by atoms with Crippen molar-refractivity contribution in [2.75, 3.05) is 13.7 Å². The zero-order valence-corrected chi connectivity index (χ0v) is 16.8. The van der Waals surface area contributed by atoms with Gasteiger partial charge in [-0.1, -0.05) is 11.6 Å². The Balaban J connectivity index is 2.01. The maximum atomic E-state index is 11.5. The summed E-state index contributed by atoms with van der Waals surface area (Å²) >= 11 is 0. The first-order valence-electron chi connectivity index (χ1n) is 9.74. The van der Waals surface area contributed by atoms with Crippen molar-refractivity contribution < 1.29 is 24.5 Å². The van der Waals surface area contributed by atoms with Gasteiger partial charge in [-0.2, -0.15) is 0 Å². The van der Waals surface area contributed by atoms with Crippen molar-refractivity contribution in [3.63, 3.8) is 0 Å². The van der Waals surface area contributed by atoms with Gasteiger partial charge in [0.1, 0.15) is 5.76 Å². The van der Waals surface area contributed by atoms with Gasteiger partial charge < -0.3 is 24.5 Å². The van der Waals surface area contributed by atoms with E-state index in [1.54, 1.807) is 13.4 Å². The normalized spacial score (nSPS) is 37.8. The second-order valence-corrected chi connectivity index (χ2v) is 8.58. The van der Waals surface area contributed by atoms with Gasteiger partial charge in [0.05, 0.1) is 42.3 Å². The summed E-state index contributed by atoms with van der Waals surface area (Å²) in [6, 6.07) is 3.74. The Morgan fingerprint density at radius 3 is 2.81 bits per heavy atom. The molecule has 2 aliphatic rings. The lowest BCUT2D eigenvalue weighted by Crippen LogP contribution is -2.63. The van der Waals surface area contributed by atoms with Gasteiger partial charge in [-0.25, -0.2) is 0 Å². The molecule has 152 valence electrons. The maximum Gasteiger partial charge on any atom is 0.117 e. The molecule has 1 saturated carbocycles. The predicted octanol–water partition coefficient (Wildman–Crippen LogP) is 2.09. The van der Waals surface area contributed by atoms with Gasteiger partial charge in [0, 0.05) is 19.6 Å². The van der Waals surface area contributed by atoms with Gasteiger partial charge in [-0.05, 0) is 52.2 Å². The predicted molar refractivity (Wildman–Crippen MR) is 102 cm³/mol. The smallest absolute Gasteiger partial charge is 0.117 e. The molecule has 1 aromatic heterocycles. The van der Waals surface area contributed by atoms with Crippen LogP contribution in [0.25, 0.3) is 0 Å². The first kappa shape index (κ1) is 20.6. The molecule has 0 amide bonds. The third-order valence-corrected chi connectivity index (χ3v) is 6.56. The van der Waals surface area contributed by atoms with Crippen LogP contribution in [0, 0.1) is 5.92 Å². The standard InChI is InChI=1S/C21H33NO5/c1-14(2)7-8-17(24)20(3)19-18(26-4)16(23)9-10-21(19,25)13-22(20)12-15-6-5-11-27-15/h5-7,11,16-19,23-25H,8-10,12-13H2,1-4H3/t16-,17-,18-,19-,20-,21+/m1/s1. The van der Waals surface area contributed by atoms with E-state index in [4.69, 9.17) is 9.15 Å². The molecule has 1 aliphatic heterocycles. The number of hydrogen-bond acceptors (Lipinski definition) is 6. The second kappa shape index (κ2) is 7.68. The SMILES string of the molecule is CO[C@@H]1[C@H](O)CC[C@]2(O)CN(Cc3ccco3)[C@](C)([C@H](O)CC=C(C)C)[C@@H]12. The topological polar surface area (TPSA) is 86.3 Å². The minimum atomic E-state index is -1.02. The van der Waals surface area contributed by atoms with Gasteiger partial charge >= 0.3 is 0 Å². The highest BCUT2D eigenvalue weighted by atomic mass is 16.5. The number of aliphatic hydroxyl groups excluding tert-OH is 2. The van der Waals surface area contributed by atoms with E-state index >= 15 is 0 Å². The van der Waals surface area contributed by atoms with E-state index in [9.17, 15) is 15.3 Å². The van der Waals surface area contributed by atoms with Crippen LogP contribution in [-0.2, 0) is 11.3 Å². The number of β-amino-alcohol motifs (C(OH)–C–C–N with tert-alkyl or cyclic N) is 1. The van der Waals surface area contributed by atoms with E-state index in [1.165, 1.54) is 0 Å². The Kier molecular flexibility index (Phi) is 5.85. The molecule has 6 nitrogen and oxygen atoms in total. The average molecular weight is 379 g/mol. The molecule has 3 rings (SSSR count). The molecule has 1 aromatic rings. The summed E-state index contributed by atoms with van der Waals surface area (Å²) in [6.45, 7) is 6.88. The van der Waals surface area contributed by atoms with E-state index in [0.29, 0.717) is 32.4 Å². The van der Waals surface area contributed by atoms with Gasteiger partial charge in [-0.15, -0.1) is 0 Å². The summed E-state index contributed by atoms with van der Waals surface area (Å²) in [5.41, 5.74) is -0.654. The molecule has 0 radical (unpaired) electrons. The lowest BCUT2D eigenvalue weighted by molar-refractivity contribution is -0.170. The van der Waals surface area contributed by atoms with Crippen LogP contribution in [-0.4, -0.2) is 63.3 Å². The average Bonchev–Trinajstić information content (AvgIpc) is 3.20. The molecular formula is C21H33NO5. The highest BCUT2D eigenvalue weighted by Gasteiger charge is 2.66. The minimum Gasteiger partial charge on any atom is -0.468 e. The molecule has 6 atom stereocenters. The minimum absolute atomic E-state index is 0.408. The molecule has 0 aromatic carbocycles. The summed E-state index contributed by atoms with van der Waals surface area (Å²) in [5.74, 6) is 0.377. The van der Waals surface area contributed by atoms with Crippen LogP contribution in [0.1, 0.15) is 45.8 Å². The van der Waals surface area contributed by atoms with Crippen molar-refractivity contribution in [3.05, 3.63) is 35.8 Å². The summed E-state index contributed by atoms with van der Waals surface area (Å²) in [5, 5.41) is 33.3. The Morgan fingerprint density at radius 2 is 2.22 bits per heavy atom. The molecule has 0 spiro atoms. The van der Waals surface area contributed by atoms with Crippen molar-refractivity contribution in [2.24, 2.45) is 5.92 Å². The molecule has 2 heterocycles. The number of furan rings is 1. The van der Waals surface area contributed by atoms with Gasteiger partial charge in [0.2, 0.25) is 0 Å². The molecular weight excluding hydrogens is 346 g/mol. The summed E-state index contributed by atoms with van der Waals surface area (Å²) in [4.78, 5) is 2.10. The zero-order valence-electron chi connectivity index (χ0n) is 16.8.